The number of carbonyl (C=O) groups excluding carboxylic acids is 2. The molecule has 0 aromatic heterocycles. The zero-order chi connectivity index (χ0) is 46.5. The minimum Gasteiger partial charge on any atom is -0.466 e. The summed E-state index contributed by atoms with van der Waals surface area (Å²) in [4.78, 5) is 24.5. The molecule has 0 rings (SSSR count). The molecule has 0 aliphatic rings. The number of nitrogens with one attached hydrogen (secondary N) is 1. The standard InChI is InChI=1S/C58H113NO5/c1-3-5-7-9-11-13-15-17-27-30-34-38-42-46-50-56(61)55(54-60)59-57(62)51-47-43-39-35-31-28-25-23-21-19-18-20-22-24-26-29-33-37-41-45-49-53-64-58(63)52-48-44-40-36-32-16-14-12-10-8-6-4-2/h19,21,55-56,60-61H,3-18,20,22-54H2,1-2H3,(H,59,62)/b21-19-. The summed E-state index contributed by atoms with van der Waals surface area (Å²) < 4.78 is 5.47. The van der Waals surface area contributed by atoms with E-state index in [-0.39, 0.29) is 18.5 Å². The van der Waals surface area contributed by atoms with Gasteiger partial charge in [0.2, 0.25) is 5.91 Å². The fourth-order valence-corrected chi connectivity index (χ4v) is 9.11. The van der Waals surface area contributed by atoms with E-state index in [2.05, 4.69) is 31.3 Å². The number of unbranched alkanes of at least 4 members (excludes halogenated alkanes) is 41. The Hall–Kier alpha value is -1.40. The van der Waals surface area contributed by atoms with Crippen LogP contribution in [-0.2, 0) is 14.3 Å². The second kappa shape index (κ2) is 54.2. The van der Waals surface area contributed by atoms with Gasteiger partial charge in [-0.15, -0.1) is 0 Å². The number of allylic oxidation sites excluding steroid dienone is 2. The predicted molar refractivity (Wildman–Crippen MR) is 278 cm³/mol. The molecule has 2 unspecified atom stereocenters. The maximum absolute atomic E-state index is 12.5. The molecule has 0 saturated heterocycles. The topological polar surface area (TPSA) is 95.9 Å². The number of carbonyl (C=O) groups is 2. The van der Waals surface area contributed by atoms with E-state index in [4.69, 9.17) is 4.74 Å². The van der Waals surface area contributed by atoms with Crippen LogP contribution in [0.4, 0.5) is 0 Å². The van der Waals surface area contributed by atoms with Crippen molar-refractivity contribution in [3.8, 4) is 0 Å². The lowest BCUT2D eigenvalue weighted by molar-refractivity contribution is -0.143. The number of hydrogen-bond acceptors (Lipinski definition) is 5. The Morgan fingerprint density at radius 2 is 0.734 bits per heavy atom. The Morgan fingerprint density at radius 1 is 0.422 bits per heavy atom. The van der Waals surface area contributed by atoms with E-state index >= 15 is 0 Å². The van der Waals surface area contributed by atoms with E-state index in [9.17, 15) is 19.8 Å². The molecule has 0 heterocycles. The third-order valence-electron chi connectivity index (χ3n) is 13.6. The van der Waals surface area contributed by atoms with Gasteiger partial charge in [-0.2, -0.15) is 0 Å². The normalized spacial score (nSPS) is 12.6. The molecule has 0 saturated carbocycles. The summed E-state index contributed by atoms with van der Waals surface area (Å²) in [6.45, 7) is 4.96. The van der Waals surface area contributed by atoms with E-state index < -0.39 is 12.1 Å². The van der Waals surface area contributed by atoms with Crippen LogP contribution < -0.4 is 5.32 Å². The van der Waals surface area contributed by atoms with Crippen LogP contribution in [0, 0.1) is 0 Å². The number of ether oxygens (including phenoxy) is 1. The molecule has 0 bridgehead atoms. The summed E-state index contributed by atoms with van der Waals surface area (Å²) in [5, 5.41) is 23.2. The van der Waals surface area contributed by atoms with E-state index in [0.717, 1.165) is 38.5 Å². The maximum atomic E-state index is 12.5. The van der Waals surface area contributed by atoms with Gasteiger partial charge in [0.05, 0.1) is 25.4 Å². The van der Waals surface area contributed by atoms with Gasteiger partial charge >= 0.3 is 5.97 Å². The van der Waals surface area contributed by atoms with Crippen molar-refractivity contribution in [1.29, 1.82) is 0 Å². The Balaban J connectivity index is 3.41. The van der Waals surface area contributed by atoms with Crippen molar-refractivity contribution in [1.82, 2.24) is 5.32 Å². The first-order chi connectivity index (χ1) is 31.5. The van der Waals surface area contributed by atoms with Crippen LogP contribution in [0.15, 0.2) is 12.2 Å². The molecule has 0 radical (unpaired) electrons. The van der Waals surface area contributed by atoms with E-state index in [1.54, 1.807) is 0 Å². The summed E-state index contributed by atoms with van der Waals surface area (Å²) in [5.74, 6) is -0.0319. The van der Waals surface area contributed by atoms with Crippen LogP contribution in [0.25, 0.3) is 0 Å². The zero-order valence-corrected chi connectivity index (χ0v) is 43.3. The van der Waals surface area contributed by atoms with Crippen LogP contribution in [0.5, 0.6) is 0 Å². The third kappa shape index (κ3) is 50.0. The van der Waals surface area contributed by atoms with Crippen molar-refractivity contribution in [2.75, 3.05) is 13.2 Å². The number of amides is 1. The van der Waals surface area contributed by atoms with Crippen LogP contribution in [0.2, 0.25) is 0 Å². The Bertz CT molecular complexity index is 955. The molecular formula is C58H113NO5. The molecule has 3 N–H and O–H groups in total. The molecule has 0 fully saturated rings. The minimum absolute atomic E-state index is 0.00930. The van der Waals surface area contributed by atoms with Crippen molar-refractivity contribution in [3.05, 3.63) is 12.2 Å². The molecule has 1 amide bonds. The Morgan fingerprint density at radius 3 is 1.11 bits per heavy atom. The predicted octanol–water partition coefficient (Wildman–Crippen LogP) is 17.7. The van der Waals surface area contributed by atoms with Crippen molar-refractivity contribution in [2.24, 2.45) is 0 Å². The van der Waals surface area contributed by atoms with Gasteiger partial charge in [0.1, 0.15) is 0 Å². The molecule has 380 valence electrons. The molecule has 64 heavy (non-hydrogen) atoms. The number of aliphatic hydroxyl groups is 2. The molecule has 6 heteroatoms. The minimum atomic E-state index is -0.667. The molecule has 0 spiro atoms. The average Bonchev–Trinajstić information content (AvgIpc) is 3.29. The van der Waals surface area contributed by atoms with Crippen LogP contribution in [-0.4, -0.2) is 47.4 Å². The molecule has 0 aromatic rings. The SMILES string of the molecule is CCCCCCCCCCCCCCCCC(O)C(CO)NC(=O)CCCCCCCCC/C=C\CCCCCCCCCCCCOC(=O)CCCCCCCCCCCCCC. The highest BCUT2D eigenvalue weighted by Gasteiger charge is 2.20. The lowest BCUT2D eigenvalue weighted by Crippen LogP contribution is -2.45. The van der Waals surface area contributed by atoms with Gasteiger partial charge in [0.25, 0.3) is 0 Å². The Kier molecular flexibility index (Phi) is 53.0. The van der Waals surface area contributed by atoms with Crippen molar-refractivity contribution in [3.63, 3.8) is 0 Å². The molecule has 0 aromatic carbocycles. The second-order valence-electron chi connectivity index (χ2n) is 20.0. The first-order valence-corrected chi connectivity index (χ1v) is 28.9. The van der Waals surface area contributed by atoms with Gasteiger partial charge in [-0.25, -0.2) is 0 Å². The zero-order valence-electron chi connectivity index (χ0n) is 43.3. The lowest BCUT2D eigenvalue weighted by Gasteiger charge is -2.22. The largest absolute Gasteiger partial charge is 0.466 e. The van der Waals surface area contributed by atoms with Crippen molar-refractivity contribution in [2.45, 2.75) is 334 Å². The summed E-state index contributed by atoms with van der Waals surface area (Å²) in [5.41, 5.74) is 0. The van der Waals surface area contributed by atoms with E-state index in [1.807, 2.05) is 0 Å². The van der Waals surface area contributed by atoms with E-state index in [1.165, 1.54) is 250 Å². The summed E-state index contributed by atoms with van der Waals surface area (Å²) in [6.07, 6.45) is 63.4. The van der Waals surface area contributed by atoms with Gasteiger partial charge in [0.15, 0.2) is 0 Å². The number of esters is 1. The summed E-state index contributed by atoms with van der Waals surface area (Å²) in [6, 6.07) is -0.545. The monoisotopic (exact) mass is 904 g/mol. The molecule has 0 aliphatic carbocycles. The number of hydrogen-bond donors (Lipinski definition) is 3. The first kappa shape index (κ1) is 62.6. The Labute approximate surface area is 399 Å². The molecular weight excluding hydrogens is 791 g/mol. The molecule has 2 atom stereocenters. The lowest BCUT2D eigenvalue weighted by atomic mass is 10.0. The van der Waals surface area contributed by atoms with E-state index in [0.29, 0.717) is 25.9 Å². The van der Waals surface area contributed by atoms with Gasteiger partial charge < -0.3 is 20.3 Å². The number of aliphatic hydroxyl groups excluding tert-OH is 2. The van der Waals surface area contributed by atoms with Gasteiger partial charge in [-0.3, -0.25) is 9.59 Å². The average molecular weight is 905 g/mol. The fraction of sp³-hybridized carbons (Fsp3) is 0.931. The number of rotatable bonds is 54. The maximum Gasteiger partial charge on any atom is 0.305 e. The highest BCUT2D eigenvalue weighted by atomic mass is 16.5. The van der Waals surface area contributed by atoms with Gasteiger partial charge in [-0.05, 0) is 51.4 Å². The summed E-state index contributed by atoms with van der Waals surface area (Å²) in [7, 11) is 0. The highest BCUT2D eigenvalue weighted by molar-refractivity contribution is 5.76. The summed E-state index contributed by atoms with van der Waals surface area (Å²) >= 11 is 0. The molecule has 0 aliphatic heterocycles. The first-order valence-electron chi connectivity index (χ1n) is 28.9. The highest BCUT2D eigenvalue weighted by Crippen LogP contribution is 2.17. The third-order valence-corrected chi connectivity index (χ3v) is 13.6. The molecule has 6 nitrogen and oxygen atoms in total. The van der Waals surface area contributed by atoms with Crippen LogP contribution in [0.3, 0.4) is 0 Å². The van der Waals surface area contributed by atoms with Gasteiger partial charge in [0, 0.05) is 12.8 Å². The van der Waals surface area contributed by atoms with Crippen LogP contribution >= 0.6 is 0 Å². The van der Waals surface area contributed by atoms with Crippen molar-refractivity contribution >= 4 is 11.9 Å². The van der Waals surface area contributed by atoms with Crippen LogP contribution in [0.1, 0.15) is 322 Å². The fourth-order valence-electron chi connectivity index (χ4n) is 9.11. The smallest absolute Gasteiger partial charge is 0.305 e. The van der Waals surface area contributed by atoms with Gasteiger partial charge in [-0.1, -0.05) is 270 Å². The quantitative estimate of drug-likeness (QED) is 0.0321. The second-order valence-corrected chi connectivity index (χ2v) is 20.0. The van der Waals surface area contributed by atoms with Crippen molar-refractivity contribution < 1.29 is 24.5 Å².